The molecule has 0 aromatic heterocycles. The van der Waals surface area contributed by atoms with Crippen LogP contribution in [0.1, 0.15) is 22.8 Å². The van der Waals surface area contributed by atoms with Gasteiger partial charge in [-0.25, -0.2) is 4.39 Å². The number of hydrogen-bond acceptors (Lipinski definition) is 4. The third kappa shape index (κ3) is 4.70. The molecule has 4 atom stereocenters. The van der Waals surface area contributed by atoms with Crippen LogP contribution in [0.5, 0.6) is 0 Å². The van der Waals surface area contributed by atoms with Gasteiger partial charge in [0.25, 0.3) is 5.91 Å². The van der Waals surface area contributed by atoms with Crippen molar-refractivity contribution in [1.29, 1.82) is 0 Å². The Morgan fingerprint density at radius 2 is 1.81 bits per heavy atom. The number of hydrogen-bond donors (Lipinski definition) is 3. The quantitative estimate of drug-likeness (QED) is 0.487. The van der Waals surface area contributed by atoms with Crippen molar-refractivity contribution in [3.63, 3.8) is 0 Å². The van der Waals surface area contributed by atoms with Crippen LogP contribution in [0.25, 0.3) is 0 Å². The molecule has 2 aromatic carbocycles. The number of aliphatic hydroxyl groups excluding tert-OH is 1. The standard InChI is InChI=1S/C21H20F4N2O3S/c1-12-16(17(28)21(23,24)25)20(11-30-12,14-9-5-6-10-15(14)22)27-19(31)26-18(29)13-7-3-2-4-8-13/h2-10,12,16-17,28H,11H2,1H3,(H2,26,27,29,31). The predicted molar refractivity (Wildman–Crippen MR) is 109 cm³/mol. The molecule has 0 bridgehead atoms. The first-order chi connectivity index (χ1) is 14.6. The van der Waals surface area contributed by atoms with Gasteiger partial charge >= 0.3 is 6.18 Å². The Labute approximate surface area is 181 Å². The maximum Gasteiger partial charge on any atom is 0.414 e. The highest BCUT2D eigenvalue weighted by Crippen LogP contribution is 2.45. The SMILES string of the molecule is CC1OCC(NC(=S)NC(=O)c2ccccc2)(c2ccccc2F)C1C(O)C(F)(F)F. The summed E-state index contributed by atoms with van der Waals surface area (Å²) in [6.45, 7) is 0.948. The van der Waals surface area contributed by atoms with Crippen molar-refractivity contribution in [3.8, 4) is 0 Å². The molecule has 0 saturated carbocycles. The molecule has 1 heterocycles. The molecule has 166 valence electrons. The molecule has 1 aliphatic heterocycles. The summed E-state index contributed by atoms with van der Waals surface area (Å²) in [6, 6.07) is 13.3. The van der Waals surface area contributed by atoms with Crippen LogP contribution in [0, 0.1) is 11.7 Å². The number of ether oxygens (including phenoxy) is 1. The lowest BCUT2D eigenvalue weighted by Crippen LogP contribution is -2.60. The van der Waals surface area contributed by atoms with Gasteiger partial charge in [-0.15, -0.1) is 0 Å². The summed E-state index contributed by atoms with van der Waals surface area (Å²) in [4.78, 5) is 12.4. The Morgan fingerprint density at radius 3 is 2.42 bits per heavy atom. The molecule has 1 saturated heterocycles. The van der Waals surface area contributed by atoms with E-state index in [0.717, 1.165) is 6.07 Å². The fourth-order valence-corrected chi connectivity index (χ4v) is 4.13. The van der Waals surface area contributed by atoms with Crippen molar-refractivity contribution < 1.29 is 32.2 Å². The van der Waals surface area contributed by atoms with E-state index in [4.69, 9.17) is 17.0 Å². The van der Waals surface area contributed by atoms with Gasteiger partial charge in [0.05, 0.1) is 18.2 Å². The highest BCUT2D eigenvalue weighted by molar-refractivity contribution is 7.80. The Balaban J connectivity index is 1.98. The molecular formula is C21H20F4N2O3S. The summed E-state index contributed by atoms with van der Waals surface area (Å²) in [5.74, 6) is -3.04. The van der Waals surface area contributed by atoms with Crippen LogP contribution in [0.2, 0.25) is 0 Å². The lowest BCUT2D eigenvalue weighted by Gasteiger charge is -2.40. The van der Waals surface area contributed by atoms with Gasteiger partial charge in [-0.3, -0.25) is 10.1 Å². The number of thiocarbonyl (C=S) groups is 1. The number of amides is 1. The van der Waals surface area contributed by atoms with Gasteiger partial charge in [0.2, 0.25) is 0 Å². The highest BCUT2D eigenvalue weighted by atomic mass is 32.1. The average molecular weight is 456 g/mol. The van der Waals surface area contributed by atoms with E-state index in [1.54, 1.807) is 18.2 Å². The van der Waals surface area contributed by atoms with Gasteiger partial charge in [-0.1, -0.05) is 36.4 Å². The van der Waals surface area contributed by atoms with E-state index < -0.39 is 48.2 Å². The van der Waals surface area contributed by atoms with Crippen LogP contribution in [0.4, 0.5) is 17.6 Å². The molecule has 4 unspecified atom stereocenters. The van der Waals surface area contributed by atoms with Crippen molar-refractivity contribution >= 4 is 23.2 Å². The fourth-order valence-electron chi connectivity index (χ4n) is 3.86. The molecule has 3 rings (SSSR count). The Kier molecular flexibility index (Phi) is 6.63. The highest BCUT2D eigenvalue weighted by Gasteiger charge is 2.60. The summed E-state index contributed by atoms with van der Waals surface area (Å²) < 4.78 is 60.6. The summed E-state index contributed by atoms with van der Waals surface area (Å²) in [6.07, 6.45) is -8.90. The van der Waals surface area contributed by atoms with E-state index in [-0.39, 0.29) is 16.2 Å². The van der Waals surface area contributed by atoms with Crippen LogP contribution >= 0.6 is 12.2 Å². The molecule has 5 nitrogen and oxygen atoms in total. The zero-order chi connectivity index (χ0) is 22.8. The Morgan fingerprint density at radius 1 is 1.19 bits per heavy atom. The largest absolute Gasteiger partial charge is 0.414 e. The smallest absolute Gasteiger partial charge is 0.383 e. The lowest BCUT2D eigenvalue weighted by molar-refractivity contribution is -0.228. The van der Waals surface area contributed by atoms with E-state index in [2.05, 4.69) is 10.6 Å². The van der Waals surface area contributed by atoms with Crippen LogP contribution in [-0.4, -0.2) is 41.1 Å². The van der Waals surface area contributed by atoms with E-state index in [0.29, 0.717) is 0 Å². The predicted octanol–water partition coefficient (Wildman–Crippen LogP) is 3.28. The number of alkyl halides is 3. The molecule has 31 heavy (non-hydrogen) atoms. The maximum atomic E-state index is 14.7. The third-order valence-electron chi connectivity index (χ3n) is 5.28. The first-order valence-corrected chi connectivity index (χ1v) is 9.77. The number of aliphatic hydroxyl groups is 1. The van der Waals surface area contributed by atoms with Gasteiger partial charge in [-0.2, -0.15) is 13.2 Å². The molecule has 0 spiro atoms. The molecule has 2 aromatic rings. The van der Waals surface area contributed by atoms with Crippen LogP contribution in [0.15, 0.2) is 54.6 Å². The van der Waals surface area contributed by atoms with Crippen LogP contribution in [-0.2, 0) is 10.3 Å². The molecule has 0 aliphatic carbocycles. The second-order valence-corrected chi connectivity index (χ2v) is 7.66. The second kappa shape index (κ2) is 8.89. The number of nitrogens with one attached hydrogen (secondary N) is 2. The normalized spacial score (nSPS) is 24.5. The van der Waals surface area contributed by atoms with Crippen molar-refractivity contribution in [2.75, 3.05) is 6.61 Å². The first-order valence-electron chi connectivity index (χ1n) is 9.36. The minimum absolute atomic E-state index is 0.163. The summed E-state index contributed by atoms with van der Waals surface area (Å²) in [5.41, 5.74) is -1.76. The third-order valence-corrected chi connectivity index (χ3v) is 5.48. The number of halogens is 4. The van der Waals surface area contributed by atoms with Crippen LogP contribution < -0.4 is 10.6 Å². The van der Waals surface area contributed by atoms with Crippen molar-refractivity contribution in [2.24, 2.45) is 5.92 Å². The molecule has 1 fully saturated rings. The topological polar surface area (TPSA) is 70.6 Å². The minimum Gasteiger partial charge on any atom is -0.383 e. The molecule has 10 heteroatoms. The zero-order valence-corrected chi connectivity index (χ0v) is 17.1. The molecule has 3 N–H and O–H groups in total. The number of carbonyl (C=O) groups excluding carboxylic acids is 1. The lowest BCUT2D eigenvalue weighted by atomic mass is 9.74. The van der Waals surface area contributed by atoms with Crippen LogP contribution in [0.3, 0.4) is 0 Å². The number of benzene rings is 2. The first kappa shape index (κ1) is 23.1. The zero-order valence-electron chi connectivity index (χ0n) is 16.3. The van der Waals surface area contributed by atoms with Gasteiger partial charge in [-0.05, 0) is 37.3 Å². The minimum atomic E-state index is -4.99. The number of carbonyl (C=O) groups is 1. The monoisotopic (exact) mass is 456 g/mol. The fraction of sp³-hybridized carbons (Fsp3) is 0.333. The van der Waals surface area contributed by atoms with Crippen molar-refractivity contribution in [2.45, 2.75) is 30.8 Å². The molecular weight excluding hydrogens is 436 g/mol. The molecule has 1 amide bonds. The molecule has 0 radical (unpaired) electrons. The van der Waals surface area contributed by atoms with Gasteiger partial charge in [0.15, 0.2) is 11.2 Å². The van der Waals surface area contributed by atoms with E-state index in [9.17, 15) is 27.5 Å². The van der Waals surface area contributed by atoms with E-state index in [1.807, 2.05) is 0 Å². The average Bonchev–Trinajstić information content (AvgIpc) is 3.04. The molecule has 1 aliphatic rings. The van der Waals surface area contributed by atoms with Crippen molar-refractivity contribution in [1.82, 2.24) is 10.6 Å². The Bertz CT molecular complexity index is 957. The summed E-state index contributed by atoms with van der Waals surface area (Å²) in [7, 11) is 0. The maximum absolute atomic E-state index is 14.7. The van der Waals surface area contributed by atoms with E-state index >= 15 is 0 Å². The second-order valence-electron chi connectivity index (χ2n) is 7.25. The van der Waals surface area contributed by atoms with Gasteiger partial charge in [0, 0.05) is 17.0 Å². The van der Waals surface area contributed by atoms with Gasteiger partial charge < -0.3 is 15.2 Å². The Hall–Kier alpha value is -2.56. The summed E-state index contributed by atoms with van der Waals surface area (Å²) >= 11 is 5.17. The number of rotatable bonds is 4. The van der Waals surface area contributed by atoms with Crippen molar-refractivity contribution in [3.05, 3.63) is 71.5 Å². The summed E-state index contributed by atoms with van der Waals surface area (Å²) in [5, 5.41) is 14.8. The van der Waals surface area contributed by atoms with E-state index in [1.165, 1.54) is 37.3 Å². The van der Waals surface area contributed by atoms with Gasteiger partial charge in [0.1, 0.15) is 5.82 Å².